The molecule has 2 unspecified atom stereocenters. The summed E-state index contributed by atoms with van der Waals surface area (Å²) in [6.07, 6.45) is 1.47. The first kappa shape index (κ1) is 71.7. The van der Waals surface area contributed by atoms with Gasteiger partial charge in [-0.2, -0.15) is 0 Å². The molecule has 3 aromatic carbocycles. The largest absolute Gasteiger partial charge is 0.497 e. The van der Waals surface area contributed by atoms with E-state index >= 15 is 0 Å². The molecule has 490 valence electrons. The fourth-order valence-corrected chi connectivity index (χ4v) is 12.8. The van der Waals surface area contributed by atoms with E-state index in [4.69, 9.17) is 58.3 Å². The summed E-state index contributed by atoms with van der Waals surface area (Å²) < 4.78 is 71.3. The zero-order chi connectivity index (χ0) is 65.3. The zero-order valence-corrected chi connectivity index (χ0v) is 53.9. The van der Waals surface area contributed by atoms with Crippen LogP contribution >= 0.6 is 8.53 Å². The molecule has 0 saturated carbocycles. The molecule has 4 aromatic rings. The van der Waals surface area contributed by atoms with Gasteiger partial charge in [-0.3, -0.25) is 38.3 Å². The predicted molar refractivity (Wildman–Crippen MR) is 333 cm³/mol. The van der Waals surface area contributed by atoms with Crippen molar-refractivity contribution in [1.82, 2.24) is 24.9 Å². The number of aromatic nitrogens is 2. The van der Waals surface area contributed by atoms with Crippen LogP contribution in [0.3, 0.4) is 0 Å². The summed E-state index contributed by atoms with van der Waals surface area (Å²) in [5.41, 5.74) is -0.0938. The Labute approximate surface area is 527 Å². The number of esters is 3. The highest BCUT2D eigenvalue weighted by molar-refractivity contribution is 7.44. The Bertz CT molecular complexity index is 3060. The number of unbranched alkanes of at least 4 members (excludes halogenated alkanes) is 3. The van der Waals surface area contributed by atoms with E-state index in [-0.39, 0.29) is 57.4 Å². The van der Waals surface area contributed by atoms with Gasteiger partial charge in [-0.25, -0.2) is 16.0 Å². The van der Waals surface area contributed by atoms with Crippen LogP contribution in [0, 0.1) is 12.5 Å². The summed E-state index contributed by atoms with van der Waals surface area (Å²) in [6, 6.07) is 25.3. The molecule has 3 N–H and O–H groups in total. The minimum absolute atomic E-state index is 0.0428. The Morgan fingerprint density at radius 3 is 1.94 bits per heavy atom. The van der Waals surface area contributed by atoms with Crippen molar-refractivity contribution >= 4 is 38.2 Å². The highest BCUT2D eigenvalue weighted by atomic mass is 31.2. The van der Waals surface area contributed by atoms with Crippen molar-refractivity contribution in [3.63, 3.8) is 0 Å². The molecule has 0 aliphatic carbocycles. The second-order valence-corrected chi connectivity index (χ2v) is 23.7. The number of aromatic amines is 1. The van der Waals surface area contributed by atoms with Crippen LogP contribution in [-0.4, -0.2) is 153 Å². The van der Waals surface area contributed by atoms with Gasteiger partial charge >= 0.3 is 23.6 Å². The van der Waals surface area contributed by atoms with Crippen molar-refractivity contribution in [2.45, 2.75) is 167 Å². The fourth-order valence-electron chi connectivity index (χ4n) is 11.0. The van der Waals surface area contributed by atoms with Gasteiger partial charge in [-0.05, 0) is 107 Å². The number of carbonyl (C=O) groups is 5. The maximum Gasteiger partial charge on any atom is 0.330 e. The van der Waals surface area contributed by atoms with Gasteiger partial charge in [0, 0.05) is 77.5 Å². The van der Waals surface area contributed by atoms with Gasteiger partial charge in [0.2, 0.25) is 18.4 Å². The van der Waals surface area contributed by atoms with Crippen LogP contribution in [0.4, 0.5) is 0 Å². The number of benzene rings is 3. The molecule has 0 radical (unpaired) electrons. The Hall–Kier alpha value is -7.33. The molecule has 2 saturated heterocycles. The quantitative estimate of drug-likeness (QED) is 0.00753. The third-order valence-electron chi connectivity index (χ3n) is 14.9. The molecule has 2 fully saturated rings. The van der Waals surface area contributed by atoms with Crippen molar-refractivity contribution in [1.29, 1.82) is 0 Å². The lowest BCUT2D eigenvalue weighted by atomic mass is 9.80. The monoisotopic (exact) mass is 1270 g/mol. The Morgan fingerprint density at radius 1 is 0.744 bits per heavy atom. The summed E-state index contributed by atoms with van der Waals surface area (Å²) in [6.45, 7) is 20.8. The number of nitrogens with zero attached hydrogens (tertiary/aromatic N) is 3. The van der Waals surface area contributed by atoms with Gasteiger partial charge in [-0.15, -0.1) is 0 Å². The summed E-state index contributed by atoms with van der Waals surface area (Å²) in [5, 5.41) is 5.65. The molecule has 0 bridgehead atoms. The van der Waals surface area contributed by atoms with E-state index < -0.39 is 104 Å². The van der Waals surface area contributed by atoms with Crippen LogP contribution in [-0.2, 0) is 71.8 Å². The number of H-pyrrole nitrogens is 1. The molecule has 10 atom stereocenters. The molecular formula is C65H87N6O18P. The molecule has 1 aromatic heterocycles. The second-order valence-electron chi connectivity index (χ2n) is 22.3. The minimum atomic E-state index is -1.86. The number of ether oxygens (including phenoxy) is 9. The van der Waals surface area contributed by atoms with E-state index in [0.717, 1.165) is 37.0 Å². The molecule has 0 spiro atoms. The SMILES string of the molecule is [C-]#[N+]CCOP(OC1[C@@H](COC(c2ccccc2)(c2ccc(OC)cc2)c2ccc(OC)cc2)O[C@@H](n2ccc(=O)[nH]c2=O)[C@H]1C/C=C/CCCCNC(=O)CCCCO[C@@H]1O[C@H](COC(C)=O)[C@H](OC(C)=O)[C@H](OC(C)=O)[C@H]1NC(C)=O)N(C(C)C)C(C)C. The van der Waals surface area contributed by atoms with Crippen LogP contribution in [0.2, 0.25) is 0 Å². The molecule has 2 amide bonds. The van der Waals surface area contributed by atoms with Crippen LogP contribution in [0.15, 0.2) is 113 Å². The van der Waals surface area contributed by atoms with E-state index in [9.17, 15) is 33.6 Å². The van der Waals surface area contributed by atoms with E-state index in [2.05, 4.69) is 52.8 Å². The number of amides is 2. The van der Waals surface area contributed by atoms with E-state index in [0.29, 0.717) is 50.1 Å². The number of nitrogens with one attached hydrogen (secondary N) is 3. The van der Waals surface area contributed by atoms with Gasteiger partial charge < -0.3 is 67.2 Å². The van der Waals surface area contributed by atoms with Gasteiger partial charge in [0.15, 0.2) is 18.5 Å². The highest BCUT2D eigenvalue weighted by Crippen LogP contribution is 2.53. The van der Waals surface area contributed by atoms with Gasteiger partial charge in [0.1, 0.15) is 60.9 Å². The number of hydrogen-bond acceptors (Lipinski definition) is 19. The van der Waals surface area contributed by atoms with Crippen molar-refractivity contribution in [2.24, 2.45) is 5.92 Å². The van der Waals surface area contributed by atoms with Gasteiger partial charge in [-0.1, -0.05) is 66.7 Å². The van der Waals surface area contributed by atoms with Crippen LogP contribution in [0.1, 0.15) is 123 Å². The maximum absolute atomic E-state index is 13.8. The highest BCUT2D eigenvalue weighted by Gasteiger charge is 2.53. The maximum atomic E-state index is 13.8. The summed E-state index contributed by atoms with van der Waals surface area (Å²) in [5.74, 6) is -2.00. The number of rotatable bonds is 35. The molecule has 2 aliphatic heterocycles. The van der Waals surface area contributed by atoms with E-state index in [1.165, 1.54) is 30.7 Å². The van der Waals surface area contributed by atoms with Crippen LogP contribution in [0.25, 0.3) is 4.85 Å². The van der Waals surface area contributed by atoms with Crippen molar-refractivity contribution in [2.75, 3.05) is 53.7 Å². The summed E-state index contributed by atoms with van der Waals surface area (Å²) in [7, 11) is 1.35. The lowest BCUT2D eigenvalue weighted by Gasteiger charge is -2.44. The Balaban J connectivity index is 1.17. The molecular weight excluding hydrogens is 1180 g/mol. The summed E-state index contributed by atoms with van der Waals surface area (Å²) in [4.78, 5) is 93.8. The minimum Gasteiger partial charge on any atom is -0.497 e. The van der Waals surface area contributed by atoms with Crippen molar-refractivity contribution in [3.05, 3.63) is 152 Å². The standard InChI is InChI=1S/C65H87N6O18P/c1-42(2)71(43(3)4)90(84-39-36-66-9)89-59-53(24-18-13-12-14-20-35-67-56(76)25-19-21-38-81-63-58(68-44(5)72)61(86-47(8)75)60(85-46(7)74)54(88-63)40-82-45(6)73)62(70-37-34-57(77)69-64(70)78)87-55(59)41-83-65(48-22-16-15-17-23-48,49-26-30-51(79-10)31-27-49)50-28-32-52(80-11)33-29-50/h13,15-18,22-23,26-34,37,42-43,53-55,58-63H,12,14,19-21,24-25,35-36,38-41H2,1-8,10-11H3,(H,67,76)(H,68,72)(H,69,77,78)/b18-13+/t53-,54+,55+,58+,59?,60-,61+,62+,63+,90?/m0/s1. The topological polar surface area (TPSA) is 273 Å². The second kappa shape index (κ2) is 35.9. The Morgan fingerprint density at radius 2 is 1.37 bits per heavy atom. The first-order chi connectivity index (χ1) is 43.2. The molecule has 2 aliphatic rings. The molecule has 24 nitrogen and oxygen atoms in total. The van der Waals surface area contributed by atoms with Gasteiger partial charge in [0.25, 0.3) is 14.1 Å². The van der Waals surface area contributed by atoms with E-state index in [1.807, 2.05) is 91.0 Å². The van der Waals surface area contributed by atoms with Crippen molar-refractivity contribution < 1.29 is 75.7 Å². The molecule has 6 rings (SSSR count). The first-order valence-corrected chi connectivity index (χ1v) is 31.4. The molecule has 3 heterocycles. The number of methoxy groups -OCH3 is 2. The smallest absolute Gasteiger partial charge is 0.330 e. The third-order valence-corrected chi connectivity index (χ3v) is 17.1. The lowest BCUT2D eigenvalue weighted by molar-refractivity contribution is -0.277. The zero-order valence-electron chi connectivity index (χ0n) is 53.0. The Kier molecular flexibility index (Phi) is 28.6. The number of hydrogen-bond donors (Lipinski definition) is 3. The summed E-state index contributed by atoms with van der Waals surface area (Å²) >= 11 is 0. The first-order valence-electron chi connectivity index (χ1n) is 30.3. The van der Waals surface area contributed by atoms with E-state index in [1.54, 1.807) is 14.2 Å². The fraction of sp³-hybridized carbons (Fsp3) is 0.538. The number of allylic oxidation sites excluding steroid dienone is 2. The average molecular weight is 1270 g/mol. The van der Waals surface area contributed by atoms with Gasteiger partial charge in [0.05, 0.1) is 20.8 Å². The molecule has 90 heavy (non-hydrogen) atoms. The number of carbonyl (C=O) groups excluding carboxylic acids is 5. The van der Waals surface area contributed by atoms with Crippen LogP contribution < -0.4 is 31.4 Å². The normalized spacial score (nSPS) is 21.2. The molecule has 25 heteroatoms. The lowest BCUT2D eigenvalue weighted by Crippen LogP contribution is -2.66. The third kappa shape index (κ3) is 20.3. The average Bonchev–Trinajstić information content (AvgIpc) is 1.25. The van der Waals surface area contributed by atoms with Crippen molar-refractivity contribution in [3.8, 4) is 11.5 Å². The van der Waals surface area contributed by atoms with Crippen LogP contribution in [0.5, 0.6) is 11.5 Å². The predicted octanol–water partition coefficient (Wildman–Crippen LogP) is 7.82.